The summed E-state index contributed by atoms with van der Waals surface area (Å²) in [6.07, 6.45) is -17.0. The summed E-state index contributed by atoms with van der Waals surface area (Å²) >= 11 is 0. The fourth-order valence-electron chi connectivity index (χ4n) is 3.70. The Hall–Kier alpha value is -3.75. The van der Waals surface area contributed by atoms with Gasteiger partial charge in [-0.1, -0.05) is 6.92 Å². The van der Waals surface area contributed by atoms with Gasteiger partial charge in [-0.25, -0.2) is 4.39 Å². The molecule has 0 aliphatic heterocycles. The second kappa shape index (κ2) is 10.1. The Labute approximate surface area is 212 Å². The van der Waals surface area contributed by atoms with Crippen LogP contribution in [0.1, 0.15) is 46.4 Å². The SMILES string of the molecule is C[C@@H](CC(=O)c1cc(-c2ccc(F)cn2)cc(C(O)(C(F)(F)F)C(F)(F)F)c1)c1ccc(C(F)(F)F)[n+]([O-])c1. The van der Waals surface area contributed by atoms with Crippen molar-refractivity contribution in [1.29, 1.82) is 0 Å². The number of aliphatic hydroxyl groups is 1. The zero-order valence-corrected chi connectivity index (χ0v) is 19.4. The van der Waals surface area contributed by atoms with Gasteiger partial charge in [0.2, 0.25) is 0 Å². The molecule has 5 nitrogen and oxygen atoms in total. The lowest BCUT2D eigenvalue weighted by atomic mass is 9.86. The minimum atomic E-state index is -6.28. The highest BCUT2D eigenvalue weighted by Crippen LogP contribution is 2.50. The van der Waals surface area contributed by atoms with E-state index in [0.717, 1.165) is 24.3 Å². The topological polar surface area (TPSA) is 77.1 Å². The molecule has 2 aromatic heterocycles. The van der Waals surface area contributed by atoms with E-state index in [1.807, 2.05) is 0 Å². The highest BCUT2D eigenvalue weighted by molar-refractivity contribution is 5.98. The summed E-state index contributed by atoms with van der Waals surface area (Å²) in [5.41, 5.74) is -10.4. The molecule has 0 saturated heterocycles. The second-order valence-electron chi connectivity index (χ2n) is 8.57. The van der Waals surface area contributed by atoms with Crippen LogP contribution in [-0.4, -0.2) is 28.2 Å². The summed E-state index contributed by atoms with van der Waals surface area (Å²) in [6, 6.07) is 4.43. The van der Waals surface area contributed by atoms with Crippen LogP contribution in [0.3, 0.4) is 0 Å². The molecule has 39 heavy (non-hydrogen) atoms. The predicted octanol–water partition coefficient (Wildman–Crippen LogP) is 6.23. The van der Waals surface area contributed by atoms with Crippen LogP contribution in [0, 0.1) is 11.0 Å². The molecule has 0 radical (unpaired) electrons. The molecule has 0 aliphatic rings. The molecule has 3 rings (SSSR count). The van der Waals surface area contributed by atoms with Crippen LogP contribution in [0.2, 0.25) is 0 Å². The minimum absolute atomic E-state index is 0.0787. The number of Topliss-reactive ketones (excluding diaryl/α,β-unsaturated/α-hetero) is 1. The number of halogens is 10. The number of ketones is 1. The van der Waals surface area contributed by atoms with E-state index in [1.54, 1.807) is 0 Å². The zero-order chi connectivity index (χ0) is 29.6. The Morgan fingerprint density at radius 1 is 0.974 bits per heavy atom. The molecule has 0 aliphatic carbocycles. The quantitative estimate of drug-likeness (QED) is 0.165. The van der Waals surface area contributed by atoms with E-state index in [2.05, 4.69) is 4.98 Å². The van der Waals surface area contributed by atoms with Crippen molar-refractivity contribution in [2.75, 3.05) is 0 Å². The molecule has 1 aromatic carbocycles. The number of pyridine rings is 2. The van der Waals surface area contributed by atoms with Gasteiger partial charge in [0.05, 0.1) is 11.9 Å². The van der Waals surface area contributed by atoms with Crippen LogP contribution in [0.15, 0.2) is 54.9 Å². The molecule has 0 amide bonds. The van der Waals surface area contributed by atoms with Crippen LogP contribution >= 0.6 is 0 Å². The summed E-state index contributed by atoms with van der Waals surface area (Å²) < 4.78 is 133. The van der Waals surface area contributed by atoms with E-state index in [0.29, 0.717) is 24.5 Å². The maximum absolute atomic E-state index is 13.6. The van der Waals surface area contributed by atoms with Gasteiger partial charge in [-0.05, 0) is 42.3 Å². The molecular weight excluding hydrogens is 554 g/mol. The lowest BCUT2D eigenvalue weighted by Crippen LogP contribution is -2.54. The first-order valence-electron chi connectivity index (χ1n) is 10.7. The van der Waals surface area contributed by atoms with Gasteiger partial charge < -0.3 is 10.3 Å². The zero-order valence-electron chi connectivity index (χ0n) is 19.4. The first-order chi connectivity index (χ1) is 17.8. The van der Waals surface area contributed by atoms with Gasteiger partial charge in [0.1, 0.15) is 5.82 Å². The van der Waals surface area contributed by atoms with Crippen molar-refractivity contribution < 1.29 is 58.5 Å². The Kier molecular flexibility index (Phi) is 7.71. The number of rotatable bonds is 6. The molecule has 1 N–H and O–H groups in total. The Morgan fingerprint density at radius 3 is 2.08 bits per heavy atom. The third kappa shape index (κ3) is 5.97. The summed E-state index contributed by atoms with van der Waals surface area (Å²) in [4.78, 5) is 16.5. The molecular formula is C24H16F10N2O3. The van der Waals surface area contributed by atoms with Crippen LogP contribution in [0.5, 0.6) is 0 Å². The summed E-state index contributed by atoms with van der Waals surface area (Å²) in [5.74, 6) is -2.97. The maximum Gasteiger partial charge on any atom is 0.478 e. The van der Waals surface area contributed by atoms with Gasteiger partial charge in [-0.3, -0.25) is 9.78 Å². The number of benzene rings is 1. The molecule has 2 heterocycles. The van der Waals surface area contributed by atoms with Crippen molar-refractivity contribution in [3.8, 4) is 11.3 Å². The van der Waals surface area contributed by atoms with E-state index < -0.39 is 75.2 Å². The summed E-state index contributed by atoms with van der Waals surface area (Å²) in [6.45, 7) is 1.29. The molecule has 0 fully saturated rings. The van der Waals surface area contributed by atoms with E-state index in [-0.39, 0.29) is 17.3 Å². The Balaban J connectivity index is 2.09. The lowest BCUT2D eigenvalue weighted by Gasteiger charge is -2.33. The van der Waals surface area contributed by atoms with E-state index >= 15 is 0 Å². The molecule has 210 valence electrons. The predicted molar refractivity (Wildman–Crippen MR) is 113 cm³/mol. The van der Waals surface area contributed by atoms with E-state index in [9.17, 15) is 59.0 Å². The molecule has 0 bridgehead atoms. The number of hydrogen-bond acceptors (Lipinski definition) is 4. The van der Waals surface area contributed by atoms with Crippen molar-refractivity contribution in [2.45, 2.75) is 43.4 Å². The molecule has 0 saturated carbocycles. The summed E-state index contributed by atoms with van der Waals surface area (Å²) in [7, 11) is 0. The second-order valence-corrected chi connectivity index (χ2v) is 8.57. The van der Waals surface area contributed by atoms with Gasteiger partial charge in [-0.15, -0.1) is 0 Å². The van der Waals surface area contributed by atoms with Crippen LogP contribution < -0.4 is 4.73 Å². The van der Waals surface area contributed by atoms with Crippen molar-refractivity contribution in [3.05, 3.63) is 88.3 Å². The molecule has 0 unspecified atom stereocenters. The lowest BCUT2D eigenvalue weighted by molar-refractivity contribution is -0.629. The van der Waals surface area contributed by atoms with Crippen LogP contribution in [0.4, 0.5) is 43.9 Å². The van der Waals surface area contributed by atoms with Gasteiger partial charge in [0, 0.05) is 34.7 Å². The normalized spacial score (nSPS) is 13.8. The van der Waals surface area contributed by atoms with Gasteiger partial charge >= 0.3 is 18.5 Å². The molecule has 0 spiro atoms. The van der Waals surface area contributed by atoms with Crippen LogP contribution in [0.25, 0.3) is 11.3 Å². The smallest absolute Gasteiger partial charge is 0.478 e. The average molecular weight is 570 g/mol. The van der Waals surface area contributed by atoms with E-state index in [1.165, 1.54) is 6.92 Å². The van der Waals surface area contributed by atoms with Gasteiger partial charge in [0.25, 0.3) is 11.3 Å². The highest BCUT2D eigenvalue weighted by atomic mass is 19.4. The number of carbonyl (C=O) groups excluding carboxylic acids is 1. The summed E-state index contributed by atoms with van der Waals surface area (Å²) in [5, 5.41) is 21.6. The standard InChI is InChI=1S/C24H16F10N2O3/c1-12(13-2-5-20(22(26,27)28)36(39)11-13)6-19(37)15-7-14(18-4-3-17(25)10-35-18)8-16(9-15)21(38,23(29,30)31)24(32,33)34/h2-5,7-12,38H,6H2,1H3/t12-/m0/s1. The number of alkyl halides is 9. The third-order valence-electron chi connectivity index (χ3n) is 5.80. The molecule has 1 atom stereocenters. The minimum Gasteiger partial charge on any atom is -0.618 e. The van der Waals surface area contributed by atoms with Crippen molar-refractivity contribution in [3.63, 3.8) is 0 Å². The largest absolute Gasteiger partial charge is 0.618 e. The Bertz CT molecular complexity index is 1350. The van der Waals surface area contributed by atoms with Crippen molar-refractivity contribution >= 4 is 5.78 Å². The van der Waals surface area contributed by atoms with Crippen molar-refractivity contribution in [2.24, 2.45) is 0 Å². The fourth-order valence-corrected chi connectivity index (χ4v) is 3.70. The first-order valence-corrected chi connectivity index (χ1v) is 10.7. The third-order valence-corrected chi connectivity index (χ3v) is 5.80. The highest BCUT2D eigenvalue weighted by Gasteiger charge is 2.71. The number of nitrogens with zero attached hydrogens (tertiary/aromatic N) is 2. The maximum atomic E-state index is 13.6. The van der Waals surface area contributed by atoms with Crippen LogP contribution in [-0.2, 0) is 11.8 Å². The number of hydrogen-bond donors (Lipinski definition) is 1. The van der Waals surface area contributed by atoms with E-state index in [4.69, 9.17) is 0 Å². The molecule has 15 heteroatoms. The van der Waals surface area contributed by atoms with Crippen molar-refractivity contribution in [1.82, 2.24) is 4.98 Å². The molecule has 3 aromatic rings. The first kappa shape index (κ1) is 29.8. The monoisotopic (exact) mass is 570 g/mol. The number of aromatic nitrogens is 2. The Morgan fingerprint density at radius 2 is 1.59 bits per heavy atom. The average Bonchev–Trinajstić information content (AvgIpc) is 2.81. The van der Waals surface area contributed by atoms with Gasteiger partial charge in [-0.2, -0.15) is 44.2 Å². The number of carbonyl (C=O) groups is 1. The fraction of sp³-hybridized carbons (Fsp3) is 0.292. The van der Waals surface area contributed by atoms with Gasteiger partial charge in [0.15, 0.2) is 12.0 Å².